The van der Waals surface area contributed by atoms with Crippen molar-refractivity contribution in [2.24, 2.45) is 0 Å². The molecule has 1 aliphatic heterocycles. The molecule has 14 heavy (non-hydrogen) atoms. The Hall–Kier alpha value is -0.870. The first-order valence-corrected chi connectivity index (χ1v) is 5.29. The first-order valence-electron chi connectivity index (χ1n) is 5.29. The highest BCUT2D eigenvalue weighted by Crippen LogP contribution is 2.00. The van der Waals surface area contributed by atoms with E-state index in [1.807, 2.05) is 23.1 Å². The fraction of sp³-hybridized carbons (Fsp3) is 0.700. The molecule has 2 unspecified atom stereocenters. The minimum absolute atomic E-state index is 0.486. The van der Waals surface area contributed by atoms with E-state index in [1.54, 1.807) is 0 Å². The molecule has 1 saturated heterocycles. The van der Waals surface area contributed by atoms with Crippen LogP contribution in [-0.2, 0) is 6.54 Å². The van der Waals surface area contributed by atoms with E-state index < -0.39 is 0 Å². The van der Waals surface area contributed by atoms with Gasteiger partial charge in [-0.25, -0.2) is 0 Å². The summed E-state index contributed by atoms with van der Waals surface area (Å²) in [5.74, 6) is 0. The first-order chi connectivity index (χ1) is 6.84. The normalized spacial score (nSPS) is 23.9. The van der Waals surface area contributed by atoms with Gasteiger partial charge in [-0.05, 0) is 26.0 Å². The van der Waals surface area contributed by atoms with Crippen LogP contribution in [0.3, 0.4) is 0 Å². The summed E-state index contributed by atoms with van der Waals surface area (Å²) in [5, 5.41) is 11.1. The summed E-state index contributed by atoms with van der Waals surface area (Å²) in [6.45, 7) is 5.40. The molecular weight excluding hydrogens is 176 g/mol. The maximum Gasteiger partial charge on any atom is 0.0560 e. The van der Waals surface area contributed by atoms with E-state index >= 15 is 0 Å². The molecule has 4 heteroatoms. The van der Waals surface area contributed by atoms with E-state index in [0.29, 0.717) is 12.1 Å². The van der Waals surface area contributed by atoms with Gasteiger partial charge >= 0.3 is 0 Å². The maximum atomic E-state index is 4.19. The predicted octanol–water partition coefficient (Wildman–Crippen LogP) is 0.223. The summed E-state index contributed by atoms with van der Waals surface area (Å²) >= 11 is 0. The summed E-state index contributed by atoms with van der Waals surface area (Å²) in [6.07, 6.45) is 5.07. The summed E-state index contributed by atoms with van der Waals surface area (Å²) in [5.41, 5.74) is 0. The molecule has 4 nitrogen and oxygen atoms in total. The molecule has 0 saturated carbocycles. The van der Waals surface area contributed by atoms with E-state index in [1.165, 1.54) is 6.42 Å². The van der Waals surface area contributed by atoms with E-state index in [-0.39, 0.29) is 0 Å². The Morgan fingerprint density at radius 1 is 1.71 bits per heavy atom. The molecule has 0 aliphatic carbocycles. The number of rotatable bonds is 4. The number of aromatic nitrogens is 2. The Balaban J connectivity index is 1.75. The summed E-state index contributed by atoms with van der Waals surface area (Å²) in [7, 11) is 0. The average Bonchev–Trinajstić information content (AvgIpc) is 2.76. The van der Waals surface area contributed by atoms with Gasteiger partial charge in [0.25, 0.3) is 0 Å². The van der Waals surface area contributed by atoms with Gasteiger partial charge in [0.2, 0.25) is 0 Å². The standard InChI is InChI=1S/C10H18N4/c1-9(8-14-6-2-4-12-14)13-10-3-5-11-7-10/h2,4,6,9-11,13H,3,5,7-8H2,1H3. The van der Waals surface area contributed by atoms with Gasteiger partial charge < -0.3 is 10.6 Å². The zero-order valence-electron chi connectivity index (χ0n) is 8.61. The second-order valence-corrected chi connectivity index (χ2v) is 3.99. The molecule has 2 rings (SSSR count). The zero-order chi connectivity index (χ0) is 9.80. The second kappa shape index (κ2) is 4.57. The van der Waals surface area contributed by atoms with Crippen LogP contribution in [0.1, 0.15) is 13.3 Å². The Morgan fingerprint density at radius 3 is 3.29 bits per heavy atom. The molecule has 78 valence electrons. The lowest BCUT2D eigenvalue weighted by Crippen LogP contribution is -2.40. The molecule has 1 aromatic heterocycles. The molecule has 0 bridgehead atoms. The van der Waals surface area contributed by atoms with Crippen LogP contribution in [-0.4, -0.2) is 35.0 Å². The van der Waals surface area contributed by atoms with Gasteiger partial charge in [0.05, 0.1) is 6.54 Å². The molecular formula is C10H18N4. The monoisotopic (exact) mass is 194 g/mol. The first kappa shape index (κ1) is 9.68. The molecule has 0 radical (unpaired) electrons. The topological polar surface area (TPSA) is 41.9 Å². The third-order valence-corrected chi connectivity index (χ3v) is 2.60. The second-order valence-electron chi connectivity index (χ2n) is 3.99. The molecule has 2 heterocycles. The smallest absolute Gasteiger partial charge is 0.0560 e. The molecule has 0 spiro atoms. The van der Waals surface area contributed by atoms with Gasteiger partial charge in [-0.15, -0.1) is 0 Å². The largest absolute Gasteiger partial charge is 0.315 e. The SMILES string of the molecule is CC(Cn1cccn1)NC1CCNC1. The van der Waals surface area contributed by atoms with Crippen molar-refractivity contribution in [2.75, 3.05) is 13.1 Å². The Bertz CT molecular complexity index is 251. The van der Waals surface area contributed by atoms with E-state index in [9.17, 15) is 0 Å². The highest BCUT2D eigenvalue weighted by atomic mass is 15.3. The van der Waals surface area contributed by atoms with Crippen LogP contribution in [0, 0.1) is 0 Å². The lowest BCUT2D eigenvalue weighted by Gasteiger charge is -2.18. The number of nitrogens with one attached hydrogen (secondary N) is 2. The average molecular weight is 194 g/mol. The quantitative estimate of drug-likeness (QED) is 0.720. The van der Waals surface area contributed by atoms with Crippen molar-refractivity contribution >= 4 is 0 Å². The van der Waals surface area contributed by atoms with Crippen molar-refractivity contribution in [3.05, 3.63) is 18.5 Å². The Kier molecular flexibility index (Phi) is 3.16. The van der Waals surface area contributed by atoms with E-state index in [2.05, 4.69) is 22.7 Å². The highest BCUT2D eigenvalue weighted by molar-refractivity contribution is 4.82. The molecule has 2 atom stereocenters. The minimum Gasteiger partial charge on any atom is -0.315 e. The van der Waals surface area contributed by atoms with Crippen molar-refractivity contribution in [2.45, 2.75) is 32.0 Å². The third-order valence-electron chi connectivity index (χ3n) is 2.60. The summed E-state index contributed by atoms with van der Waals surface area (Å²) in [6, 6.07) is 3.09. The maximum absolute atomic E-state index is 4.19. The number of hydrogen-bond acceptors (Lipinski definition) is 3. The van der Waals surface area contributed by atoms with Crippen molar-refractivity contribution in [1.29, 1.82) is 0 Å². The van der Waals surface area contributed by atoms with Gasteiger partial charge in [-0.3, -0.25) is 4.68 Å². The molecule has 0 aromatic carbocycles. The van der Waals surface area contributed by atoms with Crippen molar-refractivity contribution in [3.63, 3.8) is 0 Å². The fourth-order valence-electron chi connectivity index (χ4n) is 1.94. The lowest BCUT2D eigenvalue weighted by atomic mass is 10.2. The van der Waals surface area contributed by atoms with Crippen LogP contribution in [0.2, 0.25) is 0 Å². The van der Waals surface area contributed by atoms with Crippen molar-refractivity contribution in [3.8, 4) is 0 Å². The summed E-state index contributed by atoms with van der Waals surface area (Å²) in [4.78, 5) is 0. The molecule has 2 N–H and O–H groups in total. The van der Waals surface area contributed by atoms with Crippen LogP contribution in [0.4, 0.5) is 0 Å². The highest BCUT2D eigenvalue weighted by Gasteiger charge is 2.16. The van der Waals surface area contributed by atoms with Crippen molar-refractivity contribution < 1.29 is 0 Å². The van der Waals surface area contributed by atoms with Gasteiger partial charge in [-0.2, -0.15) is 5.10 Å². The zero-order valence-corrected chi connectivity index (χ0v) is 8.61. The van der Waals surface area contributed by atoms with Crippen LogP contribution >= 0.6 is 0 Å². The minimum atomic E-state index is 0.486. The molecule has 0 amide bonds. The van der Waals surface area contributed by atoms with Crippen LogP contribution in [0.25, 0.3) is 0 Å². The van der Waals surface area contributed by atoms with Gasteiger partial charge in [0.1, 0.15) is 0 Å². The lowest BCUT2D eigenvalue weighted by molar-refractivity contribution is 0.406. The van der Waals surface area contributed by atoms with E-state index in [0.717, 1.165) is 19.6 Å². The van der Waals surface area contributed by atoms with Crippen LogP contribution in [0.15, 0.2) is 18.5 Å². The molecule has 1 aromatic rings. The van der Waals surface area contributed by atoms with Gasteiger partial charge in [0, 0.05) is 31.0 Å². The summed E-state index contributed by atoms with van der Waals surface area (Å²) < 4.78 is 1.97. The Morgan fingerprint density at radius 2 is 2.64 bits per heavy atom. The predicted molar refractivity (Wildman–Crippen MR) is 56.1 cm³/mol. The Labute approximate surface area is 84.7 Å². The fourth-order valence-corrected chi connectivity index (χ4v) is 1.94. The third kappa shape index (κ3) is 2.56. The van der Waals surface area contributed by atoms with Crippen LogP contribution < -0.4 is 10.6 Å². The van der Waals surface area contributed by atoms with Crippen LogP contribution in [0.5, 0.6) is 0 Å². The molecule has 1 aliphatic rings. The molecule has 1 fully saturated rings. The van der Waals surface area contributed by atoms with Crippen molar-refractivity contribution in [1.82, 2.24) is 20.4 Å². The number of hydrogen-bond donors (Lipinski definition) is 2. The van der Waals surface area contributed by atoms with Gasteiger partial charge in [0.15, 0.2) is 0 Å². The number of nitrogens with zero attached hydrogens (tertiary/aromatic N) is 2. The van der Waals surface area contributed by atoms with E-state index in [4.69, 9.17) is 0 Å². The van der Waals surface area contributed by atoms with Gasteiger partial charge in [-0.1, -0.05) is 0 Å².